The van der Waals surface area contributed by atoms with E-state index in [2.05, 4.69) is 0 Å². The highest BCUT2D eigenvalue weighted by Gasteiger charge is 2.32. The van der Waals surface area contributed by atoms with E-state index >= 15 is 0 Å². The van der Waals surface area contributed by atoms with Gasteiger partial charge in [-0.15, -0.1) is 0 Å². The van der Waals surface area contributed by atoms with Gasteiger partial charge in [0.05, 0.1) is 37.5 Å². The van der Waals surface area contributed by atoms with Gasteiger partial charge in [0, 0.05) is 19.2 Å². The molecule has 158 valence electrons. The first-order valence-corrected chi connectivity index (χ1v) is 11.3. The molecule has 1 aliphatic heterocycles. The minimum absolute atomic E-state index is 0.0368. The van der Waals surface area contributed by atoms with Crippen LogP contribution in [-0.2, 0) is 27.6 Å². The largest absolute Gasteiger partial charge is 0.497 e. The first kappa shape index (κ1) is 22.2. The molecule has 9 heteroatoms. The molecule has 2 aromatic carbocycles. The molecule has 29 heavy (non-hydrogen) atoms. The summed E-state index contributed by atoms with van der Waals surface area (Å²) in [5, 5.41) is 0.352. The van der Waals surface area contributed by atoms with Crippen LogP contribution in [0.5, 0.6) is 11.5 Å². The number of morpholine rings is 1. The second-order valence-corrected chi connectivity index (χ2v) is 9.21. The quantitative estimate of drug-likeness (QED) is 0.629. The molecule has 0 aliphatic carbocycles. The summed E-state index contributed by atoms with van der Waals surface area (Å²) in [6, 6.07) is 9.05. The molecule has 0 amide bonds. The van der Waals surface area contributed by atoms with Gasteiger partial charge in [-0.2, -0.15) is 4.31 Å². The number of aryl methyl sites for hydroxylation is 1. The maximum absolute atomic E-state index is 13.4. The van der Waals surface area contributed by atoms with Crippen LogP contribution in [0, 0.1) is 0 Å². The lowest BCUT2D eigenvalue weighted by Crippen LogP contribution is -2.41. The lowest BCUT2D eigenvalue weighted by Gasteiger charge is -2.28. The van der Waals surface area contributed by atoms with E-state index < -0.39 is 10.0 Å². The van der Waals surface area contributed by atoms with E-state index in [-0.39, 0.29) is 28.0 Å². The third kappa shape index (κ3) is 4.81. The fraction of sp³-hybridized carbons (Fsp3) is 0.400. The molecule has 0 saturated carbocycles. The third-order valence-corrected chi connectivity index (χ3v) is 7.67. The maximum Gasteiger partial charge on any atom is 0.245 e. The van der Waals surface area contributed by atoms with Crippen molar-refractivity contribution in [3.63, 3.8) is 0 Å². The average molecular weight is 460 g/mol. The molecule has 6 nitrogen and oxygen atoms in total. The van der Waals surface area contributed by atoms with Gasteiger partial charge in [-0.25, -0.2) is 8.42 Å². The van der Waals surface area contributed by atoms with Crippen molar-refractivity contribution in [2.75, 3.05) is 40.5 Å². The van der Waals surface area contributed by atoms with E-state index in [9.17, 15) is 8.42 Å². The Morgan fingerprint density at radius 3 is 2.45 bits per heavy atom. The van der Waals surface area contributed by atoms with Crippen molar-refractivity contribution in [1.82, 2.24) is 4.31 Å². The molecule has 2 aromatic rings. The Balaban J connectivity index is 2.02. The van der Waals surface area contributed by atoms with E-state index in [0.29, 0.717) is 37.4 Å². The Bertz CT molecular complexity index is 975. The van der Waals surface area contributed by atoms with Crippen molar-refractivity contribution in [2.24, 2.45) is 0 Å². The summed E-state index contributed by atoms with van der Waals surface area (Å²) >= 11 is 13.0. The van der Waals surface area contributed by atoms with Gasteiger partial charge in [-0.05, 0) is 36.1 Å². The molecule has 0 aromatic heterocycles. The summed E-state index contributed by atoms with van der Waals surface area (Å²) in [5.41, 5.74) is 1.44. The molecule has 0 radical (unpaired) electrons. The minimum atomic E-state index is -3.83. The van der Waals surface area contributed by atoms with Crippen molar-refractivity contribution in [3.8, 4) is 11.5 Å². The second kappa shape index (κ2) is 9.53. The third-order valence-electron chi connectivity index (χ3n) is 4.82. The van der Waals surface area contributed by atoms with Crippen LogP contribution in [-0.4, -0.2) is 53.2 Å². The average Bonchev–Trinajstić information content (AvgIpc) is 2.74. The summed E-state index contributed by atoms with van der Waals surface area (Å²) in [6.45, 7) is 1.25. The van der Waals surface area contributed by atoms with Crippen molar-refractivity contribution in [1.29, 1.82) is 0 Å². The number of methoxy groups -OCH3 is 2. The topological polar surface area (TPSA) is 65.1 Å². The minimum Gasteiger partial charge on any atom is -0.497 e. The van der Waals surface area contributed by atoms with Crippen molar-refractivity contribution >= 4 is 33.2 Å². The Kier molecular flexibility index (Phi) is 7.29. The number of benzene rings is 2. The van der Waals surface area contributed by atoms with Crippen LogP contribution in [0.3, 0.4) is 0 Å². The predicted molar refractivity (Wildman–Crippen MR) is 113 cm³/mol. The standard InChI is InChI=1S/C20H23Cl2NO5S/c1-26-15-5-3-4-14(12-15)6-7-16-19(22)18(27-2)13-17(21)20(16)29(24,25)23-8-10-28-11-9-23/h3-5,12-13H,6-11H2,1-2H3. The van der Waals surface area contributed by atoms with E-state index in [1.807, 2.05) is 24.3 Å². The van der Waals surface area contributed by atoms with Crippen LogP contribution < -0.4 is 9.47 Å². The highest BCUT2D eigenvalue weighted by Crippen LogP contribution is 2.40. The number of sulfonamides is 1. The highest BCUT2D eigenvalue weighted by atomic mass is 35.5. The fourth-order valence-corrected chi connectivity index (χ4v) is 5.89. The van der Waals surface area contributed by atoms with Gasteiger partial charge in [-0.1, -0.05) is 35.3 Å². The summed E-state index contributed by atoms with van der Waals surface area (Å²) in [5.74, 6) is 1.08. The first-order valence-electron chi connectivity index (χ1n) is 9.14. The molecule has 0 bridgehead atoms. The highest BCUT2D eigenvalue weighted by molar-refractivity contribution is 7.89. The van der Waals surface area contributed by atoms with Crippen LogP contribution in [0.2, 0.25) is 10.0 Å². The first-order chi connectivity index (χ1) is 13.9. The molecule has 3 rings (SSSR count). The van der Waals surface area contributed by atoms with Crippen molar-refractivity contribution < 1.29 is 22.6 Å². The molecule has 0 unspecified atom stereocenters. The molecule has 1 fully saturated rings. The summed E-state index contributed by atoms with van der Waals surface area (Å²) in [7, 11) is -0.758. The fourth-order valence-electron chi connectivity index (χ4n) is 3.30. The van der Waals surface area contributed by atoms with Crippen LogP contribution in [0.4, 0.5) is 0 Å². The number of nitrogens with zero attached hydrogens (tertiary/aromatic N) is 1. The number of hydrogen-bond acceptors (Lipinski definition) is 5. The lowest BCUT2D eigenvalue weighted by atomic mass is 10.0. The smallest absolute Gasteiger partial charge is 0.245 e. The number of ether oxygens (including phenoxy) is 3. The molecule has 0 N–H and O–H groups in total. The Labute approximate surface area is 181 Å². The SMILES string of the molecule is COc1cccc(CCc2c(Cl)c(OC)cc(Cl)c2S(=O)(=O)N2CCOCC2)c1. The molecule has 0 atom stereocenters. The van der Waals surface area contributed by atoms with Gasteiger partial charge in [0.15, 0.2) is 0 Å². The maximum atomic E-state index is 13.4. The van der Waals surface area contributed by atoms with Gasteiger partial charge in [0.25, 0.3) is 0 Å². The van der Waals surface area contributed by atoms with E-state index in [0.717, 1.165) is 11.3 Å². The number of hydrogen-bond donors (Lipinski definition) is 0. The predicted octanol–water partition coefficient (Wildman–Crippen LogP) is 3.82. The molecule has 1 aliphatic rings. The zero-order valence-corrected chi connectivity index (χ0v) is 18.6. The van der Waals surface area contributed by atoms with E-state index in [4.69, 9.17) is 37.4 Å². The van der Waals surface area contributed by atoms with Gasteiger partial charge in [0.1, 0.15) is 16.4 Å². The zero-order chi connectivity index (χ0) is 21.0. The van der Waals surface area contributed by atoms with Crippen LogP contribution in [0.15, 0.2) is 35.2 Å². The Hall–Kier alpha value is -1.51. The number of rotatable bonds is 7. The van der Waals surface area contributed by atoms with Gasteiger partial charge in [0.2, 0.25) is 10.0 Å². The summed E-state index contributed by atoms with van der Waals surface area (Å²) in [6.07, 6.45) is 0.938. The number of halogens is 2. The van der Waals surface area contributed by atoms with Crippen molar-refractivity contribution in [2.45, 2.75) is 17.7 Å². The van der Waals surface area contributed by atoms with E-state index in [1.165, 1.54) is 17.5 Å². The summed E-state index contributed by atoms with van der Waals surface area (Å²) in [4.78, 5) is 0.0368. The monoisotopic (exact) mass is 459 g/mol. The van der Waals surface area contributed by atoms with Gasteiger partial charge >= 0.3 is 0 Å². The zero-order valence-electron chi connectivity index (χ0n) is 16.3. The molecule has 1 saturated heterocycles. The Morgan fingerprint density at radius 1 is 1.07 bits per heavy atom. The molecule has 1 heterocycles. The van der Waals surface area contributed by atoms with Crippen LogP contribution in [0.1, 0.15) is 11.1 Å². The molecular formula is C20H23Cl2NO5S. The normalized spacial score (nSPS) is 15.3. The molecule has 0 spiro atoms. The Morgan fingerprint density at radius 2 is 1.79 bits per heavy atom. The van der Waals surface area contributed by atoms with Crippen LogP contribution in [0.25, 0.3) is 0 Å². The lowest BCUT2D eigenvalue weighted by molar-refractivity contribution is 0.0730. The van der Waals surface area contributed by atoms with Gasteiger partial charge < -0.3 is 14.2 Å². The van der Waals surface area contributed by atoms with E-state index in [1.54, 1.807) is 7.11 Å². The molecular weight excluding hydrogens is 437 g/mol. The second-order valence-electron chi connectivity index (χ2n) is 6.55. The summed E-state index contributed by atoms with van der Waals surface area (Å²) < 4.78 is 43.9. The van der Waals surface area contributed by atoms with Crippen LogP contribution >= 0.6 is 23.2 Å². The van der Waals surface area contributed by atoms with Gasteiger partial charge in [-0.3, -0.25) is 0 Å². The van der Waals surface area contributed by atoms with Crippen molar-refractivity contribution in [3.05, 3.63) is 51.5 Å².